The van der Waals surface area contributed by atoms with Crippen molar-refractivity contribution in [3.63, 3.8) is 0 Å². The molecule has 0 fully saturated rings. The minimum Gasteiger partial charge on any atom is -0.251 e. The molecule has 0 amide bonds. The van der Waals surface area contributed by atoms with Crippen molar-refractivity contribution in [3.05, 3.63) is 24.3 Å². The minimum absolute atomic E-state index is 0.221. The van der Waals surface area contributed by atoms with E-state index in [1.54, 1.807) is 13.0 Å². The highest BCUT2D eigenvalue weighted by atomic mass is 17.1. The van der Waals surface area contributed by atoms with Gasteiger partial charge in [0.1, 0.15) is 6.10 Å². The molecule has 0 rings (SSSR count). The smallest absolute Gasteiger partial charge is 0.108 e. The van der Waals surface area contributed by atoms with E-state index in [-0.39, 0.29) is 6.10 Å². The monoisotopic (exact) mass is 128 g/mol. The molecule has 0 saturated heterocycles. The van der Waals surface area contributed by atoms with E-state index in [0.29, 0.717) is 0 Å². The number of rotatable bonds is 3. The highest BCUT2D eigenvalue weighted by Crippen LogP contribution is 1.88. The molecule has 2 heteroatoms. The van der Waals surface area contributed by atoms with Crippen molar-refractivity contribution in [2.24, 2.45) is 0 Å². The lowest BCUT2D eigenvalue weighted by atomic mass is 10.3. The quantitative estimate of drug-likeness (QED) is 0.358. The summed E-state index contributed by atoms with van der Waals surface area (Å²) in [5.41, 5.74) is 0. The molecule has 1 N–H and O–H groups in total. The summed E-state index contributed by atoms with van der Waals surface area (Å²) >= 11 is 0. The largest absolute Gasteiger partial charge is 0.251 e. The van der Waals surface area contributed by atoms with Gasteiger partial charge in [-0.2, -0.15) is 0 Å². The third-order valence-corrected chi connectivity index (χ3v) is 0.852. The van der Waals surface area contributed by atoms with Crippen LogP contribution in [0.2, 0.25) is 0 Å². The van der Waals surface area contributed by atoms with Crippen LogP contribution in [0.25, 0.3) is 0 Å². The predicted octanol–water partition coefficient (Wildman–Crippen LogP) is 2.00. The lowest BCUT2D eigenvalue weighted by molar-refractivity contribution is -0.261. The molecule has 0 aliphatic heterocycles. The van der Waals surface area contributed by atoms with Crippen molar-refractivity contribution in [2.75, 3.05) is 0 Å². The van der Waals surface area contributed by atoms with Crippen LogP contribution in [0.5, 0.6) is 0 Å². The average Bonchev–Trinajstić information content (AvgIpc) is 1.89. The molecule has 0 aliphatic rings. The molecule has 0 bridgehead atoms. The first kappa shape index (κ1) is 8.40. The zero-order valence-corrected chi connectivity index (χ0v) is 5.74. The van der Waals surface area contributed by atoms with Gasteiger partial charge in [0.2, 0.25) is 0 Å². The average molecular weight is 128 g/mol. The van der Waals surface area contributed by atoms with Gasteiger partial charge in [-0.15, -0.1) is 0 Å². The van der Waals surface area contributed by atoms with Gasteiger partial charge >= 0.3 is 0 Å². The molecule has 52 valence electrons. The summed E-state index contributed by atoms with van der Waals surface area (Å²) in [7, 11) is 0. The van der Waals surface area contributed by atoms with Gasteiger partial charge in [0.25, 0.3) is 0 Å². The van der Waals surface area contributed by atoms with E-state index < -0.39 is 0 Å². The Morgan fingerprint density at radius 3 is 2.56 bits per heavy atom. The van der Waals surface area contributed by atoms with Crippen LogP contribution >= 0.6 is 0 Å². The zero-order chi connectivity index (χ0) is 7.11. The normalized spacial score (nSPS) is 15.4. The Balaban J connectivity index is 3.43. The maximum Gasteiger partial charge on any atom is 0.108 e. The van der Waals surface area contributed by atoms with Crippen LogP contribution in [0, 0.1) is 0 Å². The van der Waals surface area contributed by atoms with Crippen LogP contribution in [0.1, 0.15) is 13.8 Å². The summed E-state index contributed by atoms with van der Waals surface area (Å²) in [6, 6.07) is 0. The van der Waals surface area contributed by atoms with Crippen molar-refractivity contribution in [1.29, 1.82) is 0 Å². The number of hydrogen-bond donors (Lipinski definition) is 1. The van der Waals surface area contributed by atoms with Crippen molar-refractivity contribution < 1.29 is 10.1 Å². The third kappa shape index (κ3) is 5.27. The van der Waals surface area contributed by atoms with Crippen LogP contribution in [0.15, 0.2) is 24.3 Å². The van der Waals surface area contributed by atoms with Crippen LogP contribution in [-0.2, 0) is 4.89 Å². The van der Waals surface area contributed by atoms with Gasteiger partial charge in [-0.25, -0.2) is 4.89 Å². The molecule has 0 aromatic carbocycles. The molecule has 0 spiro atoms. The lowest BCUT2D eigenvalue weighted by Gasteiger charge is -1.96. The first-order valence-corrected chi connectivity index (χ1v) is 2.91. The second-order valence-electron chi connectivity index (χ2n) is 1.72. The van der Waals surface area contributed by atoms with Crippen LogP contribution < -0.4 is 0 Å². The van der Waals surface area contributed by atoms with Crippen molar-refractivity contribution in [1.82, 2.24) is 0 Å². The van der Waals surface area contributed by atoms with Crippen LogP contribution in [-0.4, -0.2) is 11.4 Å². The summed E-state index contributed by atoms with van der Waals surface area (Å²) in [6.07, 6.45) is 7.12. The molecule has 0 unspecified atom stereocenters. The van der Waals surface area contributed by atoms with Gasteiger partial charge in [0.05, 0.1) is 0 Å². The second-order valence-corrected chi connectivity index (χ2v) is 1.72. The van der Waals surface area contributed by atoms with Crippen LogP contribution in [0.3, 0.4) is 0 Å². The number of allylic oxidation sites excluding steroid dienone is 3. The second kappa shape index (κ2) is 5.54. The molecular formula is C7H12O2. The van der Waals surface area contributed by atoms with E-state index in [1.807, 2.05) is 25.2 Å². The Labute approximate surface area is 55.4 Å². The summed E-state index contributed by atoms with van der Waals surface area (Å²) in [5.74, 6) is 0. The molecule has 0 heterocycles. The Bertz CT molecular complexity index is 105. The molecular weight excluding hydrogens is 116 g/mol. The first-order chi connectivity index (χ1) is 4.31. The van der Waals surface area contributed by atoms with Gasteiger partial charge < -0.3 is 0 Å². The minimum atomic E-state index is -0.221. The molecule has 0 radical (unpaired) electrons. The van der Waals surface area contributed by atoms with Crippen molar-refractivity contribution >= 4 is 0 Å². The third-order valence-electron chi connectivity index (χ3n) is 0.852. The fraction of sp³-hybridized carbons (Fsp3) is 0.429. The van der Waals surface area contributed by atoms with Gasteiger partial charge in [-0.1, -0.05) is 24.3 Å². The zero-order valence-electron chi connectivity index (χ0n) is 5.74. The fourth-order valence-corrected chi connectivity index (χ4v) is 0.367. The van der Waals surface area contributed by atoms with E-state index in [0.717, 1.165) is 0 Å². The molecule has 9 heavy (non-hydrogen) atoms. The van der Waals surface area contributed by atoms with E-state index in [1.165, 1.54) is 0 Å². The summed E-state index contributed by atoms with van der Waals surface area (Å²) in [6.45, 7) is 3.68. The van der Waals surface area contributed by atoms with E-state index >= 15 is 0 Å². The Hall–Kier alpha value is -0.600. The topological polar surface area (TPSA) is 29.5 Å². The lowest BCUT2D eigenvalue weighted by Crippen LogP contribution is -1.98. The van der Waals surface area contributed by atoms with Crippen LogP contribution in [0.4, 0.5) is 0 Å². The maximum atomic E-state index is 8.06. The highest BCUT2D eigenvalue weighted by molar-refractivity contribution is 5.02. The van der Waals surface area contributed by atoms with Gasteiger partial charge in [-0.05, 0) is 13.8 Å². The summed E-state index contributed by atoms with van der Waals surface area (Å²) in [5, 5.41) is 8.06. The Morgan fingerprint density at radius 1 is 1.44 bits per heavy atom. The maximum absolute atomic E-state index is 8.06. The molecule has 0 aromatic heterocycles. The van der Waals surface area contributed by atoms with Crippen molar-refractivity contribution in [3.8, 4) is 0 Å². The Morgan fingerprint density at radius 2 is 2.11 bits per heavy atom. The first-order valence-electron chi connectivity index (χ1n) is 2.91. The van der Waals surface area contributed by atoms with E-state index in [2.05, 4.69) is 4.89 Å². The summed E-state index contributed by atoms with van der Waals surface area (Å²) in [4.78, 5) is 3.98. The number of hydrogen-bond acceptors (Lipinski definition) is 2. The SMILES string of the molecule is C/C=C\C=C\[C@H](C)OO. The molecule has 0 aliphatic carbocycles. The van der Waals surface area contributed by atoms with Gasteiger partial charge in [0.15, 0.2) is 0 Å². The summed E-state index contributed by atoms with van der Waals surface area (Å²) < 4.78 is 0. The van der Waals surface area contributed by atoms with E-state index in [9.17, 15) is 0 Å². The molecule has 2 nitrogen and oxygen atoms in total. The molecule has 0 aromatic rings. The highest BCUT2D eigenvalue weighted by Gasteiger charge is 1.88. The standard InChI is InChI=1S/C7H12O2/c1-3-4-5-6-7(2)9-8/h3-8H,1-2H3/b4-3-,6-5+/t7-/m0/s1. The fourth-order valence-electron chi connectivity index (χ4n) is 0.367. The molecule has 0 saturated carbocycles. The van der Waals surface area contributed by atoms with E-state index in [4.69, 9.17) is 5.26 Å². The van der Waals surface area contributed by atoms with Gasteiger partial charge in [-0.3, -0.25) is 5.26 Å². The Kier molecular flexibility index (Phi) is 5.17. The van der Waals surface area contributed by atoms with Crippen molar-refractivity contribution in [2.45, 2.75) is 20.0 Å². The van der Waals surface area contributed by atoms with Gasteiger partial charge in [0, 0.05) is 0 Å². The predicted molar refractivity (Wildman–Crippen MR) is 37.1 cm³/mol. The molecule has 1 atom stereocenters.